The van der Waals surface area contributed by atoms with Crippen molar-refractivity contribution < 1.29 is 0 Å². The van der Waals surface area contributed by atoms with Gasteiger partial charge in [-0.25, -0.2) is 0 Å². The molecule has 0 aromatic heterocycles. The number of benzene rings is 5. The molecule has 0 saturated carbocycles. The second-order valence-corrected chi connectivity index (χ2v) is 9.26. The van der Waals surface area contributed by atoms with Gasteiger partial charge in [-0.2, -0.15) is 0 Å². The van der Waals surface area contributed by atoms with Gasteiger partial charge in [0.15, 0.2) is 0 Å². The first kappa shape index (κ1) is 21.7. The SMILES string of the molecule is CCCc1ccc(-c2c3ccccc3c(-c3ccc(CCC)cc3)c3c(Cl)cccc23)cc1. The van der Waals surface area contributed by atoms with Crippen LogP contribution in [0, 0.1) is 0 Å². The maximum absolute atomic E-state index is 6.92. The highest BCUT2D eigenvalue weighted by Crippen LogP contribution is 2.45. The molecule has 0 heterocycles. The van der Waals surface area contributed by atoms with Gasteiger partial charge in [0.25, 0.3) is 0 Å². The van der Waals surface area contributed by atoms with Crippen LogP contribution in [0.2, 0.25) is 5.02 Å². The van der Waals surface area contributed by atoms with Crippen LogP contribution in [0.1, 0.15) is 37.8 Å². The van der Waals surface area contributed by atoms with Crippen molar-refractivity contribution in [2.24, 2.45) is 0 Å². The number of hydrogen-bond donors (Lipinski definition) is 0. The van der Waals surface area contributed by atoms with E-state index in [1.807, 2.05) is 6.07 Å². The second kappa shape index (κ2) is 9.41. The molecule has 0 aliphatic rings. The smallest absolute Gasteiger partial charge is 0.0491 e. The van der Waals surface area contributed by atoms with E-state index in [9.17, 15) is 0 Å². The zero-order chi connectivity index (χ0) is 22.8. The fourth-order valence-corrected chi connectivity index (χ4v) is 5.32. The van der Waals surface area contributed by atoms with Crippen LogP contribution in [0.15, 0.2) is 91.0 Å². The Morgan fingerprint density at radius 3 is 1.55 bits per heavy atom. The molecular formula is C32H29Cl. The lowest BCUT2D eigenvalue weighted by molar-refractivity contribution is 0.922. The average Bonchev–Trinajstić information content (AvgIpc) is 2.85. The maximum atomic E-state index is 6.92. The molecule has 0 unspecified atom stereocenters. The molecule has 0 fully saturated rings. The average molecular weight is 449 g/mol. The molecule has 5 aromatic carbocycles. The van der Waals surface area contributed by atoms with E-state index in [1.54, 1.807) is 0 Å². The summed E-state index contributed by atoms with van der Waals surface area (Å²) >= 11 is 6.92. The molecule has 0 bridgehead atoms. The van der Waals surface area contributed by atoms with E-state index in [0.717, 1.165) is 36.1 Å². The van der Waals surface area contributed by atoms with Crippen molar-refractivity contribution in [3.05, 3.63) is 107 Å². The lowest BCUT2D eigenvalue weighted by Crippen LogP contribution is -1.92. The molecular weight excluding hydrogens is 420 g/mol. The summed E-state index contributed by atoms with van der Waals surface area (Å²) in [6.45, 7) is 4.45. The summed E-state index contributed by atoms with van der Waals surface area (Å²) in [4.78, 5) is 0. The number of rotatable bonds is 6. The van der Waals surface area contributed by atoms with Gasteiger partial charge in [-0.1, -0.05) is 123 Å². The third-order valence-corrected chi connectivity index (χ3v) is 6.88. The summed E-state index contributed by atoms with van der Waals surface area (Å²) < 4.78 is 0. The van der Waals surface area contributed by atoms with Crippen LogP contribution < -0.4 is 0 Å². The van der Waals surface area contributed by atoms with Gasteiger partial charge >= 0.3 is 0 Å². The highest BCUT2D eigenvalue weighted by atomic mass is 35.5. The van der Waals surface area contributed by atoms with Crippen molar-refractivity contribution in [2.45, 2.75) is 39.5 Å². The minimum atomic E-state index is 0.801. The Kier molecular flexibility index (Phi) is 6.20. The van der Waals surface area contributed by atoms with E-state index in [1.165, 1.54) is 49.5 Å². The Hall–Kier alpha value is -3.09. The van der Waals surface area contributed by atoms with E-state index in [0.29, 0.717) is 0 Å². The largest absolute Gasteiger partial charge is 0.0836 e. The van der Waals surface area contributed by atoms with Crippen molar-refractivity contribution in [2.75, 3.05) is 0 Å². The van der Waals surface area contributed by atoms with Gasteiger partial charge in [0.2, 0.25) is 0 Å². The molecule has 0 radical (unpaired) electrons. The van der Waals surface area contributed by atoms with Gasteiger partial charge in [0.1, 0.15) is 0 Å². The summed E-state index contributed by atoms with van der Waals surface area (Å²) in [6.07, 6.45) is 4.53. The Bertz CT molecular complexity index is 1410. The quantitative estimate of drug-likeness (QED) is 0.227. The van der Waals surface area contributed by atoms with E-state index < -0.39 is 0 Å². The molecule has 0 N–H and O–H groups in total. The third kappa shape index (κ3) is 4.05. The van der Waals surface area contributed by atoms with Crippen molar-refractivity contribution >= 4 is 33.1 Å². The normalized spacial score (nSPS) is 11.4. The fourth-order valence-electron chi connectivity index (χ4n) is 5.05. The van der Waals surface area contributed by atoms with Crippen molar-refractivity contribution in [1.82, 2.24) is 0 Å². The first-order valence-electron chi connectivity index (χ1n) is 12.0. The number of fused-ring (bicyclic) bond motifs is 2. The monoisotopic (exact) mass is 448 g/mol. The third-order valence-electron chi connectivity index (χ3n) is 6.56. The molecule has 0 atom stereocenters. The van der Waals surface area contributed by atoms with Gasteiger partial charge in [-0.15, -0.1) is 0 Å². The topological polar surface area (TPSA) is 0 Å². The van der Waals surface area contributed by atoms with E-state index >= 15 is 0 Å². The van der Waals surface area contributed by atoms with Gasteiger partial charge in [0, 0.05) is 10.4 Å². The zero-order valence-corrected chi connectivity index (χ0v) is 20.1. The van der Waals surface area contributed by atoms with Crippen LogP contribution in [0.5, 0.6) is 0 Å². The Labute approximate surface area is 201 Å². The first-order valence-corrected chi connectivity index (χ1v) is 12.4. The van der Waals surface area contributed by atoms with Gasteiger partial charge < -0.3 is 0 Å². The second-order valence-electron chi connectivity index (χ2n) is 8.85. The highest BCUT2D eigenvalue weighted by molar-refractivity contribution is 6.39. The Morgan fingerprint density at radius 1 is 0.515 bits per heavy atom. The van der Waals surface area contributed by atoms with E-state index in [2.05, 4.69) is 98.8 Å². The highest BCUT2D eigenvalue weighted by Gasteiger charge is 2.18. The molecule has 0 aliphatic heterocycles. The van der Waals surface area contributed by atoms with Crippen LogP contribution in [0.4, 0.5) is 0 Å². The molecule has 0 nitrogen and oxygen atoms in total. The number of hydrogen-bond acceptors (Lipinski definition) is 0. The fraction of sp³-hybridized carbons (Fsp3) is 0.188. The molecule has 164 valence electrons. The molecule has 5 aromatic rings. The lowest BCUT2D eigenvalue weighted by Gasteiger charge is -2.19. The van der Waals surface area contributed by atoms with Crippen LogP contribution in [0.3, 0.4) is 0 Å². The maximum Gasteiger partial charge on any atom is 0.0491 e. The molecule has 0 aliphatic carbocycles. The van der Waals surface area contributed by atoms with Gasteiger partial charge in [0.05, 0.1) is 0 Å². The summed E-state index contributed by atoms with van der Waals surface area (Å²) in [5.41, 5.74) is 7.71. The minimum absolute atomic E-state index is 0.801. The predicted octanol–water partition coefficient (Wildman–Crippen LogP) is 9.89. The van der Waals surface area contributed by atoms with Crippen LogP contribution >= 0.6 is 11.6 Å². The van der Waals surface area contributed by atoms with E-state index in [4.69, 9.17) is 11.6 Å². The molecule has 0 saturated heterocycles. The van der Waals surface area contributed by atoms with Crippen LogP contribution in [0.25, 0.3) is 43.8 Å². The van der Waals surface area contributed by atoms with Crippen LogP contribution in [-0.2, 0) is 12.8 Å². The number of halogens is 1. The van der Waals surface area contributed by atoms with Crippen molar-refractivity contribution in [3.63, 3.8) is 0 Å². The van der Waals surface area contributed by atoms with Gasteiger partial charge in [-0.05, 0) is 68.4 Å². The lowest BCUT2D eigenvalue weighted by atomic mass is 9.85. The van der Waals surface area contributed by atoms with Gasteiger partial charge in [-0.3, -0.25) is 0 Å². The van der Waals surface area contributed by atoms with Crippen LogP contribution in [-0.4, -0.2) is 0 Å². The standard InChI is InChI=1S/C32H29Cl/c1-3-8-22-14-18-24(19-15-22)30-26-10-5-6-11-27(26)31(32-28(30)12-7-13-29(32)33)25-20-16-23(9-4-2)17-21-25/h5-7,10-21H,3-4,8-9H2,1-2H3. The predicted molar refractivity (Wildman–Crippen MR) is 145 cm³/mol. The molecule has 0 spiro atoms. The summed E-state index contributed by atoms with van der Waals surface area (Å²) in [5.74, 6) is 0. The minimum Gasteiger partial charge on any atom is -0.0836 e. The summed E-state index contributed by atoms with van der Waals surface area (Å²) in [5, 5.41) is 5.65. The molecule has 0 amide bonds. The molecule has 33 heavy (non-hydrogen) atoms. The Morgan fingerprint density at radius 2 is 1.00 bits per heavy atom. The Balaban J connectivity index is 1.83. The van der Waals surface area contributed by atoms with Crippen molar-refractivity contribution in [1.29, 1.82) is 0 Å². The molecule has 5 rings (SSSR count). The summed E-state index contributed by atoms with van der Waals surface area (Å²) in [7, 11) is 0. The number of aryl methyl sites for hydroxylation is 2. The summed E-state index contributed by atoms with van der Waals surface area (Å²) in [6, 6.07) is 33.2. The van der Waals surface area contributed by atoms with Crippen molar-refractivity contribution in [3.8, 4) is 22.3 Å². The molecule has 1 heteroatoms. The van der Waals surface area contributed by atoms with E-state index in [-0.39, 0.29) is 0 Å². The zero-order valence-electron chi connectivity index (χ0n) is 19.4. The first-order chi connectivity index (χ1) is 16.2.